The second-order valence-corrected chi connectivity index (χ2v) is 7.36. The molecule has 8 heteroatoms. The molecular weight excluding hydrogens is 383 g/mol. The molecule has 2 heterocycles. The van der Waals surface area contributed by atoms with E-state index in [1.807, 2.05) is 19.9 Å². The molecule has 1 fully saturated rings. The van der Waals surface area contributed by atoms with Gasteiger partial charge in [0.15, 0.2) is 11.6 Å². The quantitative estimate of drug-likeness (QED) is 0.624. The summed E-state index contributed by atoms with van der Waals surface area (Å²) in [5.41, 5.74) is 1.66. The second kappa shape index (κ2) is 8.03. The summed E-state index contributed by atoms with van der Waals surface area (Å²) in [6.45, 7) is 4.14. The van der Waals surface area contributed by atoms with Crippen LogP contribution >= 0.6 is 0 Å². The van der Waals surface area contributed by atoms with Crippen molar-refractivity contribution in [1.82, 2.24) is 24.6 Å². The number of nitriles is 1. The van der Waals surface area contributed by atoms with Gasteiger partial charge in [-0.05, 0) is 68.5 Å². The number of amides is 1. The highest BCUT2D eigenvalue weighted by Crippen LogP contribution is 2.40. The molecule has 152 valence electrons. The molecule has 0 spiro atoms. The van der Waals surface area contributed by atoms with Gasteiger partial charge in [-0.2, -0.15) is 15.0 Å². The molecule has 1 aliphatic rings. The summed E-state index contributed by atoms with van der Waals surface area (Å²) in [7, 11) is 0. The fourth-order valence-corrected chi connectivity index (χ4v) is 3.58. The van der Waals surface area contributed by atoms with Crippen LogP contribution < -0.4 is 0 Å². The van der Waals surface area contributed by atoms with Gasteiger partial charge in [-0.1, -0.05) is 0 Å². The van der Waals surface area contributed by atoms with E-state index in [1.165, 1.54) is 24.7 Å². The number of rotatable bonds is 6. The number of aromatic nitrogens is 4. The van der Waals surface area contributed by atoms with Crippen LogP contribution in [0.1, 0.15) is 66.0 Å². The van der Waals surface area contributed by atoms with Crippen molar-refractivity contribution >= 4 is 5.91 Å². The van der Waals surface area contributed by atoms with Crippen LogP contribution in [0.5, 0.6) is 0 Å². The first-order valence-electron chi connectivity index (χ1n) is 9.89. The highest BCUT2D eigenvalue weighted by Gasteiger charge is 2.29. The van der Waals surface area contributed by atoms with Gasteiger partial charge in [-0.25, -0.2) is 14.4 Å². The SMILES string of the molecule is CCN(C(=O)c1cc(F)cc(C2CC2)c1)[C@H](C)c1ncnn1-c1ccc(C#N)cn1. The predicted octanol–water partition coefficient (Wildman–Crippen LogP) is 3.77. The highest BCUT2D eigenvalue weighted by molar-refractivity contribution is 5.94. The molecule has 0 unspecified atom stereocenters. The summed E-state index contributed by atoms with van der Waals surface area (Å²) in [5.74, 6) is 0.732. The Bertz CT molecular complexity index is 1110. The lowest BCUT2D eigenvalue weighted by atomic mass is 10.0. The molecule has 0 radical (unpaired) electrons. The molecule has 0 bridgehead atoms. The van der Waals surface area contributed by atoms with Crippen molar-refractivity contribution in [2.24, 2.45) is 0 Å². The summed E-state index contributed by atoms with van der Waals surface area (Å²) < 4.78 is 15.7. The maximum atomic E-state index is 14.1. The van der Waals surface area contributed by atoms with Crippen LogP contribution in [0, 0.1) is 17.1 Å². The maximum Gasteiger partial charge on any atom is 0.254 e. The summed E-state index contributed by atoms with van der Waals surface area (Å²) in [6, 6.07) is 9.53. The molecule has 1 amide bonds. The van der Waals surface area contributed by atoms with Gasteiger partial charge in [0.1, 0.15) is 18.2 Å². The van der Waals surface area contributed by atoms with E-state index in [0.717, 1.165) is 18.4 Å². The molecule has 1 aromatic carbocycles. The van der Waals surface area contributed by atoms with E-state index in [2.05, 4.69) is 15.1 Å². The Morgan fingerprint density at radius 2 is 2.13 bits per heavy atom. The Kier molecular flexibility index (Phi) is 5.27. The van der Waals surface area contributed by atoms with E-state index in [4.69, 9.17) is 5.26 Å². The molecular formula is C22H21FN6O. The summed E-state index contributed by atoms with van der Waals surface area (Å²) in [4.78, 5) is 23.5. The third kappa shape index (κ3) is 3.79. The second-order valence-electron chi connectivity index (χ2n) is 7.36. The van der Waals surface area contributed by atoms with Crippen LogP contribution in [0.4, 0.5) is 4.39 Å². The average molecular weight is 404 g/mol. The number of halogens is 1. The van der Waals surface area contributed by atoms with Crippen LogP contribution in [0.3, 0.4) is 0 Å². The first-order valence-corrected chi connectivity index (χ1v) is 9.89. The Hall–Kier alpha value is -3.60. The molecule has 3 aromatic rings. The fraction of sp³-hybridized carbons (Fsp3) is 0.318. The first-order chi connectivity index (χ1) is 14.5. The largest absolute Gasteiger partial charge is 0.329 e. The summed E-state index contributed by atoms with van der Waals surface area (Å²) in [5, 5.41) is 13.2. The van der Waals surface area contributed by atoms with Gasteiger partial charge >= 0.3 is 0 Å². The molecule has 0 N–H and O–H groups in total. The number of nitrogens with zero attached hydrogens (tertiary/aromatic N) is 6. The Labute approximate surface area is 173 Å². The van der Waals surface area contributed by atoms with E-state index < -0.39 is 11.9 Å². The van der Waals surface area contributed by atoms with Gasteiger partial charge in [-0.3, -0.25) is 4.79 Å². The van der Waals surface area contributed by atoms with Gasteiger partial charge in [0, 0.05) is 18.3 Å². The Morgan fingerprint density at radius 1 is 1.33 bits per heavy atom. The van der Waals surface area contributed by atoms with Crippen molar-refractivity contribution in [3.05, 3.63) is 71.2 Å². The minimum Gasteiger partial charge on any atom is -0.329 e. The van der Waals surface area contributed by atoms with Gasteiger partial charge < -0.3 is 4.90 Å². The van der Waals surface area contributed by atoms with E-state index in [1.54, 1.807) is 27.8 Å². The number of carbonyl (C=O) groups is 1. The first kappa shape index (κ1) is 19.7. The predicted molar refractivity (Wildman–Crippen MR) is 107 cm³/mol. The summed E-state index contributed by atoms with van der Waals surface area (Å²) >= 11 is 0. The monoisotopic (exact) mass is 404 g/mol. The molecule has 1 atom stereocenters. The third-order valence-corrected chi connectivity index (χ3v) is 5.33. The van der Waals surface area contributed by atoms with Gasteiger partial charge in [0.05, 0.1) is 11.6 Å². The van der Waals surface area contributed by atoms with Crippen molar-refractivity contribution in [2.45, 2.75) is 38.6 Å². The number of hydrogen-bond acceptors (Lipinski definition) is 5. The molecule has 4 rings (SSSR count). The lowest BCUT2D eigenvalue weighted by molar-refractivity contribution is 0.0692. The van der Waals surface area contributed by atoms with Crippen molar-refractivity contribution in [1.29, 1.82) is 5.26 Å². The smallest absolute Gasteiger partial charge is 0.254 e. The van der Waals surface area contributed by atoms with Gasteiger partial charge in [0.25, 0.3) is 5.91 Å². The molecule has 30 heavy (non-hydrogen) atoms. The number of benzene rings is 1. The van der Waals surface area contributed by atoms with Gasteiger partial charge in [0.2, 0.25) is 0 Å². The fourth-order valence-electron chi connectivity index (χ4n) is 3.58. The number of pyridine rings is 1. The normalized spacial score (nSPS) is 14.2. The Balaban J connectivity index is 1.64. The van der Waals surface area contributed by atoms with Crippen LogP contribution in [0.2, 0.25) is 0 Å². The van der Waals surface area contributed by atoms with Crippen molar-refractivity contribution in [2.75, 3.05) is 6.54 Å². The standard InChI is InChI=1S/C22H21FN6O/c1-3-28(22(30)18-8-17(16-5-6-16)9-19(23)10-18)14(2)21-26-13-27-29(21)20-7-4-15(11-24)12-25-20/h4,7-10,12-14,16H,3,5-6H2,1-2H3/t14-/m1/s1. The minimum atomic E-state index is -0.421. The average Bonchev–Trinajstić information content (AvgIpc) is 3.50. The molecule has 1 aliphatic carbocycles. The highest BCUT2D eigenvalue weighted by atomic mass is 19.1. The third-order valence-electron chi connectivity index (χ3n) is 5.33. The lowest BCUT2D eigenvalue weighted by Gasteiger charge is -2.28. The minimum absolute atomic E-state index is 0.256. The zero-order chi connectivity index (χ0) is 21.3. The molecule has 0 aliphatic heterocycles. The van der Waals surface area contributed by atoms with E-state index >= 15 is 0 Å². The number of carbonyl (C=O) groups excluding carboxylic acids is 1. The molecule has 1 saturated carbocycles. The van der Waals surface area contributed by atoms with Crippen molar-refractivity contribution < 1.29 is 9.18 Å². The number of hydrogen-bond donors (Lipinski definition) is 0. The van der Waals surface area contributed by atoms with Crippen molar-refractivity contribution in [3.8, 4) is 11.9 Å². The zero-order valence-electron chi connectivity index (χ0n) is 16.8. The topological polar surface area (TPSA) is 87.7 Å². The molecule has 7 nitrogen and oxygen atoms in total. The van der Waals surface area contributed by atoms with E-state index in [0.29, 0.717) is 35.2 Å². The van der Waals surface area contributed by atoms with Crippen LogP contribution in [-0.2, 0) is 0 Å². The van der Waals surface area contributed by atoms with Crippen LogP contribution in [0.15, 0.2) is 42.9 Å². The van der Waals surface area contributed by atoms with Crippen LogP contribution in [0.25, 0.3) is 5.82 Å². The Morgan fingerprint density at radius 3 is 2.77 bits per heavy atom. The molecule has 2 aromatic heterocycles. The van der Waals surface area contributed by atoms with E-state index in [-0.39, 0.29) is 5.91 Å². The van der Waals surface area contributed by atoms with Crippen LogP contribution in [-0.4, -0.2) is 37.1 Å². The zero-order valence-corrected chi connectivity index (χ0v) is 16.8. The van der Waals surface area contributed by atoms with Gasteiger partial charge in [-0.15, -0.1) is 0 Å². The maximum absolute atomic E-state index is 14.1. The summed E-state index contributed by atoms with van der Waals surface area (Å²) in [6.07, 6.45) is 4.93. The lowest BCUT2D eigenvalue weighted by Crippen LogP contribution is -2.35. The molecule has 0 saturated heterocycles. The van der Waals surface area contributed by atoms with E-state index in [9.17, 15) is 9.18 Å². The van der Waals surface area contributed by atoms with Crippen molar-refractivity contribution in [3.63, 3.8) is 0 Å².